The Bertz CT molecular complexity index is 1140. The van der Waals surface area contributed by atoms with Gasteiger partial charge in [0.05, 0.1) is 7.11 Å². The molecule has 0 saturated heterocycles. The fourth-order valence-electron chi connectivity index (χ4n) is 4.94. The van der Waals surface area contributed by atoms with E-state index in [-0.39, 0.29) is 5.41 Å². The lowest BCUT2D eigenvalue weighted by Gasteiger charge is -2.32. The quantitative estimate of drug-likeness (QED) is 0.453. The molecule has 0 amide bonds. The molecule has 2 heterocycles. The van der Waals surface area contributed by atoms with Crippen molar-refractivity contribution >= 4 is 21.8 Å². The maximum atomic E-state index is 5.43. The van der Waals surface area contributed by atoms with E-state index in [0.29, 0.717) is 11.8 Å². The first-order chi connectivity index (χ1) is 13.0. The molecule has 2 atom stereocenters. The fraction of sp³-hybridized carbons (Fsp3) is 0.333. The van der Waals surface area contributed by atoms with Crippen LogP contribution in [0.15, 0.2) is 48.7 Å². The molecule has 3 nitrogen and oxygen atoms in total. The summed E-state index contributed by atoms with van der Waals surface area (Å²) in [5.41, 5.74) is 6.87. The van der Waals surface area contributed by atoms with E-state index in [2.05, 4.69) is 79.4 Å². The zero-order valence-electron chi connectivity index (χ0n) is 16.4. The van der Waals surface area contributed by atoms with Crippen LogP contribution >= 0.6 is 0 Å². The molecular weight excluding hydrogens is 332 g/mol. The van der Waals surface area contributed by atoms with Crippen molar-refractivity contribution in [2.45, 2.75) is 33.1 Å². The number of fused-ring (bicyclic) bond motifs is 4. The Morgan fingerprint density at radius 3 is 2.59 bits per heavy atom. The van der Waals surface area contributed by atoms with Crippen LogP contribution in [0, 0.1) is 11.3 Å². The molecule has 0 aliphatic heterocycles. The van der Waals surface area contributed by atoms with Crippen molar-refractivity contribution in [1.29, 1.82) is 0 Å². The third-order valence-electron chi connectivity index (χ3n) is 6.35. The zero-order valence-corrected chi connectivity index (χ0v) is 16.4. The lowest BCUT2D eigenvalue weighted by molar-refractivity contribution is 0.229. The first kappa shape index (κ1) is 16.5. The number of hydrogen-bond donors (Lipinski definition) is 2. The predicted octanol–water partition coefficient (Wildman–Crippen LogP) is 6.01. The Kier molecular flexibility index (Phi) is 3.45. The van der Waals surface area contributed by atoms with Gasteiger partial charge in [0.1, 0.15) is 5.75 Å². The molecule has 0 spiro atoms. The van der Waals surface area contributed by atoms with Crippen LogP contribution in [0.25, 0.3) is 21.8 Å². The van der Waals surface area contributed by atoms with Gasteiger partial charge in [0.15, 0.2) is 0 Å². The summed E-state index contributed by atoms with van der Waals surface area (Å²) in [5.74, 6) is 1.83. The SMILES string of the molecule is COc1ccc2c3c([nH]c2c1)[C@H](c1c[nH]c2ccccc12)[C@@H](C(C)(C)C)C3. The number of aromatic amines is 2. The first-order valence-corrected chi connectivity index (χ1v) is 9.72. The van der Waals surface area contributed by atoms with Gasteiger partial charge in [0, 0.05) is 45.7 Å². The lowest BCUT2D eigenvalue weighted by atomic mass is 9.72. The largest absolute Gasteiger partial charge is 0.497 e. The minimum absolute atomic E-state index is 0.224. The number of nitrogens with one attached hydrogen (secondary N) is 2. The molecule has 138 valence electrons. The van der Waals surface area contributed by atoms with Crippen LogP contribution in [-0.2, 0) is 6.42 Å². The maximum Gasteiger partial charge on any atom is 0.120 e. The van der Waals surface area contributed by atoms with E-state index in [4.69, 9.17) is 4.74 Å². The molecule has 1 aliphatic rings. The Labute approximate surface area is 159 Å². The monoisotopic (exact) mass is 358 g/mol. The molecule has 5 rings (SSSR count). The molecular formula is C24H26N2O. The van der Waals surface area contributed by atoms with Crippen LogP contribution in [0.2, 0.25) is 0 Å². The van der Waals surface area contributed by atoms with Gasteiger partial charge in [-0.05, 0) is 47.1 Å². The maximum absolute atomic E-state index is 5.43. The normalized spacial score (nSPS) is 19.7. The number of para-hydroxylation sites is 1. The third-order valence-corrected chi connectivity index (χ3v) is 6.35. The highest BCUT2D eigenvalue weighted by Crippen LogP contribution is 2.52. The Morgan fingerprint density at radius 2 is 1.81 bits per heavy atom. The molecule has 4 aromatic rings. The Morgan fingerprint density at radius 1 is 1.00 bits per heavy atom. The van der Waals surface area contributed by atoms with Gasteiger partial charge < -0.3 is 14.7 Å². The highest BCUT2D eigenvalue weighted by Gasteiger charge is 2.43. The van der Waals surface area contributed by atoms with E-state index in [1.807, 2.05) is 0 Å². The topological polar surface area (TPSA) is 40.8 Å². The average Bonchev–Trinajstić information content (AvgIpc) is 3.31. The summed E-state index contributed by atoms with van der Waals surface area (Å²) in [6, 6.07) is 15.0. The van der Waals surface area contributed by atoms with Crippen molar-refractivity contribution in [3.8, 4) is 5.75 Å². The Hall–Kier alpha value is -2.68. The number of aromatic nitrogens is 2. The van der Waals surface area contributed by atoms with Crippen molar-refractivity contribution in [2.75, 3.05) is 7.11 Å². The second-order valence-corrected chi connectivity index (χ2v) is 8.87. The molecule has 2 N–H and O–H groups in total. The van der Waals surface area contributed by atoms with Crippen molar-refractivity contribution in [1.82, 2.24) is 9.97 Å². The van der Waals surface area contributed by atoms with Crippen molar-refractivity contribution in [2.24, 2.45) is 11.3 Å². The van der Waals surface area contributed by atoms with E-state index >= 15 is 0 Å². The van der Waals surface area contributed by atoms with Gasteiger partial charge in [0.25, 0.3) is 0 Å². The number of methoxy groups -OCH3 is 1. The molecule has 2 aromatic carbocycles. The van der Waals surface area contributed by atoms with Crippen LogP contribution < -0.4 is 4.74 Å². The highest BCUT2D eigenvalue weighted by atomic mass is 16.5. The minimum atomic E-state index is 0.224. The fourth-order valence-corrected chi connectivity index (χ4v) is 4.94. The van der Waals surface area contributed by atoms with E-state index in [9.17, 15) is 0 Å². The molecule has 0 saturated carbocycles. The zero-order chi connectivity index (χ0) is 18.8. The molecule has 2 aromatic heterocycles. The van der Waals surface area contributed by atoms with E-state index in [1.54, 1.807) is 7.11 Å². The van der Waals surface area contributed by atoms with Gasteiger partial charge in [-0.25, -0.2) is 0 Å². The summed E-state index contributed by atoms with van der Waals surface area (Å²) in [7, 11) is 1.72. The van der Waals surface area contributed by atoms with Crippen LogP contribution in [0.4, 0.5) is 0 Å². The van der Waals surface area contributed by atoms with Crippen molar-refractivity contribution < 1.29 is 4.74 Å². The smallest absolute Gasteiger partial charge is 0.120 e. The molecule has 0 fully saturated rings. The summed E-state index contributed by atoms with van der Waals surface area (Å²) in [5, 5.41) is 2.67. The minimum Gasteiger partial charge on any atom is -0.497 e. The van der Waals surface area contributed by atoms with E-state index < -0.39 is 0 Å². The number of benzene rings is 2. The molecule has 0 bridgehead atoms. The molecule has 27 heavy (non-hydrogen) atoms. The standard InChI is InChI=1S/C24H26N2O/c1-24(2,3)19-12-17-16-10-9-14(27-4)11-21(16)26-23(17)22(19)18-13-25-20-8-6-5-7-15(18)20/h5-11,13,19,22,25-26H,12H2,1-4H3/t19-,22+/m0/s1. The highest BCUT2D eigenvalue weighted by molar-refractivity contribution is 5.89. The molecule has 0 unspecified atom stereocenters. The summed E-state index contributed by atoms with van der Waals surface area (Å²) in [6.07, 6.45) is 3.32. The van der Waals surface area contributed by atoms with Gasteiger partial charge >= 0.3 is 0 Å². The van der Waals surface area contributed by atoms with Gasteiger partial charge in [-0.3, -0.25) is 0 Å². The number of H-pyrrole nitrogens is 2. The van der Waals surface area contributed by atoms with Crippen molar-refractivity contribution in [3.63, 3.8) is 0 Å². The summed E-state index contributed by atoms with van der Waals surface area (Å²) in [4.78, 5) is 7.25. The van der Waals surface area contributed by atoms with Crippen LogP contribution in [0.3, 0.4) is 0 Å². The second-order valence-electron chi connectivity index (χ2n) is 8.87. The average molecular weight is 358 g/mol. The van der Waals surface area contributed by atoms with Gasteiger partial charge in [-0.15, -0.1) is 0 Å². The summed E-state index contributed by atoms with van der Waals surface area (Å²) >= 11 is 0. The predicted molar refractivity (Wildman–Crippen MR) is 112 cm³/mol. The van der Waals surface area contributed by atoms with Crippen LogP contribution in [0.5, 0.6) is 5.75 Å². The molecule has 0 radical (unpaired) electrons. The number of rotatable bonds is 2. The number of ether oxygens (including phenoxy) is 1. The summed E-state index contributed by atoms with van der Waals surface area (Å²) < 4.78 is 5.43. The van der Waals surface area contributed by atoms with Gasteiger partial charge in [-0.2, -0.15) is 0 Å². The van der Waals surface area contributed by atoms with E-state index in [0.717, 1.165) is 12.2 Å². The second kappa shape index (κ2) is 5.66. The third kappa shape index (κ3) is 2.41. The summed E-state index contributed by atoms with van der Waals surface area (Å²) in [6.45, 7) is 7.11. The number of hydrogen-bond acceptors (Lipinski definition) is 1. The van der Waals surface area contributed by atoms with Crippen LogP contribution in [-0.4, -0.2) is 17.1 Å². The molecule has 3 heteroatoms. The first-order valence-electron chi connectivity index (χ1n) is 9.72. The van der Waals surface area contributed by atoms with Crippen LogP contribution in [0.1, 0.15) is 43.5 Å². The Balaban J connectivity index is 1.74. The van der Waals surface area contributed by atoms with Gasteiger partial charge in [-0.1, -0.05) is 39.0 Å². The molecule has 1 aliphatic carbocycles. The van der Waals surface area contributed by atoms with Crippen molar-refractivity contribution in [3.05, 3.63) is 65.5 Å². The lowest BCUT2D eigenvalue weighted by Crippen LogP contribution is -2.25. The van der Waals surface area contributed by atoms with Gasteiger partial charge in [0.2, 0.25) is 0 Å². The van der Waals surface area contributed by atoms with E-state index in [1.165, 1.54) is 38.6 Å².